The molecule has 0 saturated heterocycles. The van der Waals surface area contributed by atoms with E-state index in [2.05, 4.69) is 15.3 Å². The van der Waals surface area contributed by atoms with Gasteiger partial charge in [0.2, 0.25) is 0 Å². The zero-order chi connectivity index (χ0) is 15.5. The third-order valence-electron chi connectivity index (χ3n) is 3.34. The van der Waals surface area contributed by atoms with Crippen molar-refractivity contribution < 1.29 is 14.7 Å². The number of nitrogens with zero attached hydrogens (tertiary/aromatic N) is 1. The largest absolute Gasteiger partial charge is 0.479 e. The Hall–Kier alpha value is -3.15. The van der Waals surface area contributed by atoms with Gasteiger partial charge in [-0.25, -0.2) is 9.78 Å². The molecule has 2 aromatic carbocycles. The summed E-state index contributed by atoms with van der Waals surface area (Å²) in [5.41, 5.74) is 2.36. The van der Waals surface area contributed by atoms with Gasteiger partial charge in [0.25, 0.3) is 5.91 Å². The number of aliphatic carboxylic acids is 1. The van der Waals surface area contributed by atoms with Crippen molar-refractivity contribution in [2.45, 2.75) is 6.04 Å². The third-order valence-corrected chi connectivity index (χ3v) is 3.34. The van der Waals surface area contributed by atoms with Gasteiger partial charge in [0.05, 0.1) is 17.4 Å². The molecular formula is C16H13N3O3. The molecule has 1 amide bonds. The van der Waals surface area contributed by atoms with Crippen molar-refractivity contribution in [2.24, 2.45) is 0 Å². The van der Waals surface area contributed by atoms with E-state index in [-0.39, 0.29) is 0 Å². The van der Waals surface area contributed by atoms with Crippen LogP contribution >= 0.6 is 0 Å². The SMILES string of the molecule is O=C(NC(C(=O)O)c1ccccc1)c1ccc2nc[nH]c2c1. The minimum absolute atomic E-state index is 0.374. The predicted molar refractivity (Wildman–Crippen MR) is 80.4 cm³/mol. The van der Waals surface area contributed by atoms with Crippen molar-refractivity contribution in [3.63, 3.8) is 0 Å². The van der Waals surface area contributed by atoms with Gasteiger partial charge in [0, 0.05) is 5.56 Å². The number of H-pyrrole nitrogens is 1. The lowest BCUT2D eigenvalue weighted by molar-refractivity contribution is -0.139. The number of nitrogens with one attached hydrogen (secondary N) is 2. The maximum absolute atomic E-state index is 12.3. The molecule has 110 valence electrons. The van der Waals surface area contributed by atoms with Gasteiger partial charge >= 0.3 is 5.97 Å². The van der Waals surface area contributed by atoms with E-state index < -0.39 is 17.9 Å². The van der Waals surface area contributed by atoms with Crippen molar-refractivity contribution in [3.05, 3.63) is 66.0 Å². The Kier molecular flexibility index (Phi) is 3.57. The van der Waals surface area contributed by atoms with E-state index in [1.165, 1.54) is 6.33 Å². The van der Waals surface area contributed by atoms with Crippen LogP contribution in [0.4, 0.5) is 0 Å². The summed E-state index contributed by atoms with van der Waals surface area (Å²) in [5.74, 6) is -1.56. The van der Waals surface area contributed by atoms with Gasteiger partial charge in [-0.2, -0.15) is 0 Å². The summed E-state index contributed by atoms with van der Waals surface area (Å²) in [6, 6.07) is 12.4. The van der Waals surface area contributed by atoms with E-state index in [0.29, 0.717) is 11.1 Å². The van der Waals surface area contributed by atoms with E-state index in [0.717, 1.165) is 11.0 Å². The molecule has 1 heterocycles. The van der Waals surface area contributed by atoms with Gasteiger partial charge in [-0.1, -0.05) is 30.3 Å². The summed E-state index contributed by atoms with van der Waals surface area (Å²) in [7, 11) is 0. The van der Waals surface area contributed by atoms with Gasteiger partial charge in [0.1, 0.15) is 0 Å². The van der Waals surface area contributed by atoms with E-state index >= 15 is 0 Å². The van der Waals surface area contributed by atoms with Gasteiger partial charge in [-0.15, -0.1) is 0 Å². The molecule has 0 aliphatic carbocycles. The van der Waals surface area contributed by atoms with Crippen LogP contribution in [0.2, 0.25) is 0 Å². The summed E-state index contributed by atoms with van der Waals surface area (Å²) in [4.78, 5) is 30.7. The molecule has 1 atom stereocenters. The zero-order valence-electron chi connectivity index (χ0n) is 11.5. The molecule has 1 unspecified atom stereocenters. The first-order chi connectivity index (χ1) is 10.6. The number of hydrogen-bond acceptors (Lipinski definition) is 3. The van der Waals surface area contributed by atoms with Crippen molar-refractivity contribution in [1.82, 2.24) is 15.3 Å². The molecule has 6 heteroatoms. The molecule has 3 rings (SSSR count). The number of carbonyl (C=O) groups is 2. The number of aromatic nitrogens is 2. The van der Waals surface area contributed by atoms with Crippen LogP contribution in [0.15, 0.2) is 54.9 Å². The lowest BCUT2D eigenvalue weighted by atomic mass is 10.1. The van der Waals surface area contributed by atoms with E-state index in [1.807, 2.05) is 0 Å². The minimum Gasteiger partial charge on any atom is -0.479 e. The first kappa shape index (κ1) is 13.8. The Bertz CT molecular complexity index is 827. The minimum atomic E-state index is -1.11. The first-order valence-corrected chi connectivity index (χ1v) is 6.67. The van der Waals surface area contributed by atoms with Crippen LogP contribution in [-0.4, -0.2) is 27.0 Å². The molecule has 0 saturated carbocycles. The van der Waals surface area contributed by atoms with Crippen LogP contribution in [0.5, 0.6) is 0 Å². The number of carbonyl (C=O) groups excluding carboxylic acids is 1. The van der Waals surface area contributed by atoms with Crippen LogP contribution in [0.1, 0.15) is 22.0 Å². The van der Waals surface area contributed by atoms with Crippen molar-refractivity contribution in [3.8, 4) is 0 Å². The highest BCUT2D eigenvalue weighted by Crippen LogP contribution is 2.16. The van der Waals surface area contributed by atoms with Crippen LogP contribution in [0.3, 0.4) is 0 Å². The monoisotopic (exact) mass is 295 g/mol. The first-order valence-electron chi connectivity index (χ1n) is 6.67. The topological polar surface area (TPSA) is 95.1 Å². The molecule has 6 nitrogen and oxygen atoms in total. The Labute approximate surface area is 125 Å². The average molecular weight is 295 g/mol. The predicted octanol–water partition coefficient (Wildman–Crippen LogP) is 2.12. The van der Waals surface area contributed by atoms with Crippen LogP contribution in [0.25, 0.3) is 11.0 Å². The van der Waals surface area contributed by atoms with E-state index in [1.54, 1.807) is 48.5 Å². The third kappa shape index (κ3) is 2.67. The highest BCUT2D eigenvalue weighted by atomic mass is 16.4. The van der Waals surface area contributed by atoms with Crippen LogP contribution < -0.4 is 5.32 Å². The van der Waals surface area contributed by atoms with Crippen molar-refractivity contribution in [1.29, 1.82) is 0 Å². The molecule has 0 spiro atoms. The standard InChI is InChI=1S/C16H13N3O3/c20-15(11-6-7-12-13(8-11)18-9-17-12)19-14(16(21)22)10-4-2-1-3-5-10/h1-9,14H,(H,17,18)(H,19,20)(H,21,22). The number of imidazole rings is 1. The fourth-order valence-electron chi connectivity index (χ4n) is 2.22. The Morgan fingerprint density at radius 1 is 1.14 bits per heavy atom. The quantitative estimate of drug-likeness (QED) is 0.687. The summed E-state index contributed by atoms with van der Waals surface area (Å²) in [5, 5.41) is 11.9. The molecular weight excluding hydrogens is 282 g/mol. The van der Waals surface area contributed by atoms with Gasteiger partial charge in [-0.3, -0.25) is 4.79 Å². The molecule has 0 bridgehead atoms. The highest BCUT2D eigenvalue weighted by molar-refractivity contribution is 5.99. The fraction of sp³-hybridized carbons (Fsp3) is 0.0625. The smallest absolute Gasteiger partial charge is 0.330 e. The summed E-state index contributed by atoms with van der Waals surface area (Å²) < 4.78 is 0. The fourth-order valence-corrected chi connectivity index (χ4v) is 2.22. The molecule has 3 aromatic rings. The molecule has 0 aliphatic rings. The maximum Gasteiger partial charge on any atom is 0.330 e. The van der Waals surface area contributed by atoms with Gasteiger partial charge in [0.15, 0.2) is 6.04 Å². The molecule has 3 N–H and O–H groups in total. The van der Waals surface area contributed by atoms with Crippen LogP contribution in [0, 0.1) is 0 Å². The molecule has 0 aliphatic heterocycles. The summed E-state index contributed by atoms with van der Waals surface area (Å²) >= 11 is 0. The van der Waals surface area contributed by atoms with Crippen LogP contribution in [-0.2, 0) is 4.79 Å². The second-order valence-electron chi connectivity index (χ2n) is 4.79. The number of amides is 1. The van der Waals surface area contributed by atoms with Crippen molar-refractivity contribution >= 4 is 22.9 Å². The number of carboxylic acids is 1. The highest BCUT2D eigenvalue weighted by Gasteiger charge is 2.22. The zero-order valence-corrected chi connectivity index (χ0v) is 11.5. The number of fused-ring (bicyclic) bond motifs is 1. The van der Waals surface area contributed by atoms with E-state index in [9.17, 15) is 14.7 Å². The number of hydrogen-bond donors (Lipinski definition) is 3. The Morgan fingerprint density at radius 2 is 1.91 bits per heavy atom. The lowest BCUT2D eigenvalue weighted by Gasteiger charge is -2.14. The van der Waals surface area contributed by atoms with Gasteiger partial charge in [-0.05, 0) is 23.8 Å². The second kappa shape index (κ2) is 5.69. The average Bonchev–Trinajstić information content (AvgIpc) is 3.00. The summed E-state index contributed by atoms with van der Waals surface area (Å²) in [6.45, 7) is 0. The molecule has 0 radical (unpaired) electrons. The maximum atomic E-state index is 12.3. The number of rotatable bonds is 4. The molecule has 1 aromatic heterocycles. The molecule has 22 heavy (non-hydrogen) atoms. The normalized spacial score (nSPS) is 12.0. The number of aromatic amines is 1. The number of benzene rings is 2. The summed E-state index contributed by atoms with van der Waals surface area (Å²) in [6.07, 6.45) is 1.54. The van der Waals surface area contributed by atoms with E-state index in [4.69, 9.17) is 0 Å². The number of carboxylic acid groups (broad SMARTS) is 1. The Balaban J connectivity index is 1.86. The Morgan fingerprint density at radius 3 is 2.64 bits per heavy atom. The van der Waals surface area contributed by atoms with Gasteiger partial charge < -0.3 is 15.4 Å². The molecule has 0 fully saturated rings. The van der Waals surface area contributed by atoms with Crippen molar-refractivity contribution in [2.75, 3.05) is 0 Å². The second-order valence-corrected chi connectivity index (χ2v) is 4.79. The lowest BCUT2D eigenvalue weighted by Crippen LogP contribution is -2.33.